The summed E-state index contributed by atoms with van der Waals surface area (Å²) in [6, 6.07) is 7.97. The highest BCUT2D eigenvalue weighted by Gasteiger charge is 2.38. The molecule has 0 amide bonds. The molecule has 30 heavy (non-hydrogen) atoms. The predicted octanol–water partition coefficient (Wildman–Crippen LogP) is 2.80. The second-order valence-electron chi connectivity index (χ2n) is 6.93. The highest BCUT2D eigenvalue weighted by molar-refractivity contribution is 7.89. The Morgan fingerprint density at radius 1 is 1.17 bits per heavy atom. The van der Waals surface area contributed by atoms with Crippen molar-refractivity contribution < 1.29 is 17.9 Å². The van der Waals surface area contributed by atoms with Gasteiger partial charge >= 0.3 is 0 Å². The number of sulfonamides is 1. The molecule has 1 atom stereocenters. The van der Waals surface area contributed by atoms with E-state index in [0.717, 1.165) is 18.4 Å². The van der Waals surface area contributed by atoms with Crippen LogP contribution >= 0.6 is 0 Å². The lowest BCUT2D eigenvalue weighted by Crippen LogP contribution is -2.39. The van der Waals surface area contributed by atoms with E-state index in [9.17, 15) is 8.42 Å². The van der Waals surface area contributed by atoms with Crippen LogP contribution in [-0.4, -0.2) is 53.7 Å². The molecule has 10 heteroatoms. The fourth-order valence-corrected chi connectivity index (χ4v) is 5.46. The second kappa shape index (κ2) is 8.41. The van der Waals surface area contributed by atoms with Crippen molar-refractivity contribution in [1.82, 2.24) is 24.5 Å². The van der Waals surface area contributed by atoms with Crippen molar-refractivity contribution in [3.63, 3.8) is 0 Å². The normalized spacial score (nSPS) is 17.6. The van der Waals surface area contributed by atoms with E-state index in [-0.39, 0.29) is 10.6 Å². The summed E-state index contributed by atoms with van der Waals surface area (Å²) in [5.74, 6) is 1.72. The third-order valence-electron chi connectivity index (χ3n) is 5.15. The van der Waals surface area contributed by atoms with Gasteiger partial charge in [-0.05, 0) is 37.1 Å². The molecule has 1 fully saturated rings. The molecule has 0 bridgehead atoms. The molecule has 4 rings (SSSR count). The molecule has 0 saturated carbocycles. The summed E-state index contributed by atoms with van der Waals surface area (Å²) in [7, 11) is -0.916. The molecule has 0 radical (unpaired) electrons. The van der Waals surface area contributed by atoms with Crippen LogP contribution in [0, 0.1) is 0 Å². The third-order valence-corrected chi connectivity index (χ3v) is 7.08. The minimum absolute atomic E-state index is 0.0725. The SMILES string of the molecule is COc1ccc(OC)c(S(=O)(=O)N2CCCCC2c2nc(-c3cccnc3)n[nH]2)c1. The van der Waals surface area contributed by atoms with Gasteiger partial charge in [0.25, 0.3) is 0 Å². The van der Waals surface area contributed by atoms with Gasteiger partial charge in [-0.3, -0.25) is 10.1 Å². The lowest BCUT2D eigenvalue weighted by Gasteiger charge is -2.33. The first-order valence-electron chi connectivity index (χ1n) is 9.61. The maximum Gasteiger partial charge on any atom is 0.247 e. The molecular weight excluding hydrogens is 406 g/mol. The number of hydrogen-bond donors (Lipinski definition) is 1. The molecule has 3 heterocycles. The summed E-state index contributed by atoms with van der Waals surface area (Å²) >= 11 is 0. The zero-order valence-electron chi connectivity index (χ0n) is 16.8. The highest BCUT2D eigenvalue weighted by atomic mass is 32.2. The molecule has 1 N–H and O–H groups in total. The maximum atomic E-state index is 13.6. The number of methoxy groups -OCH3 is 2. The number of hydrogen-bond acceptors (Lipinski definition) is 7. The van der Waals surface area contributed by atoms with Crippen LogP contribution < -0.4 is 9.47 Å². The summed E-state index contributed by atoms with van der Waals surface area (Å²) < 4.78 is 39.2. The van der Waals surface area contributed by atoms with Gasteiger partial charge in [-0.1, -0.05) is 6.42 Å². The molecule has 1 aliphatic rings. The largest absolute Gasteiger partial charge is 0.497 e. The molecule has 2 aromatic heterocycles. The molecule has 1 aromatic carbocycles. The number of piperidine rings is 1. The van der Waals surface area contributed by atoms with Crippen molar-refractivity contribution in [1.29, 1.82) is 0 Å². The molecule has 3 aromatic rings. The van der Waals surface area contributed by atoms with Gasteiger partial charge < -0.3 is 9.47 Å². The van der Waals surface area contributed by atoms with E-state index in [2.05, 4.69) is 20.2 Å². The van der Waals surface area contributed by atoms with E-state index in [1.807, 2.05) is 6.07 Å². The van der Waals surface area contributed by atoms with Crippen LogP contribution in [0.5, 0.6) is 11.5 Å². The van der Waals surface area contributed by atoms with Crippen LogP contribution in [0.1, 0.15) is 31.1 Å². The Labute approximate surface area is 175 Å². The first-order chi connectivity index (χ1) is 14.5. The Bertz CT molecular complexity index is 1120. The monoisotopic (exact) mass is 429 g/mol. The average Bonchev–Trinajstić information content (AvgIpc) is 3.29. The van der Waals surface area contributed by atoms with Gasteiger partial charge in [-0.15, -0.1) is 0 Å². The number of aromatic amines is 1. The van der Waals surface area contributed by atoms with Crippen molar-refractivity contribution >= 4 is 10.0 Å². The fourth-order valence-electron chi connectivity index (χ4n) is 3.63. The summed E-state index contributed by atoms with van der Waals surface area (Å²) in [4.78, 5) is 8.73. The summed E-state index contributed by atoms with van der Waals surface area (Å²) in [6.07, 6.45) is 5.66. The van der Waals surface area contributed by atoms with Gasteiger partial charge in [0, 0.05) is 30.6 Å². The van der Waals surface area contributed by atoms with E-state index in [1.54, 1.807) is 30.6 Å². The highest BCUT2D eigenvalue weighted by Crippen LogP contribution is 2.38. The molecule has 9 nitrogen and oxygen atoms in total. The second-order valence-corrected chi connectivity index (χ2v) is 8.79. The van der Waals surface area contributed by atoms with Crippen molar-refractivity contribution in [3.8, 4) is 22.9 Å². The fraction of sp³-hybridized carbons (Fsp3) is 0.350. The minimum Gasteiger partial charge on any atom is -0.497 e. The zero-order valence-corrected chi connectivity index (χ0v) is 17.6. The molecule has 1 saturated heterocycles. The van der Waals surface area contributed by atoms with E-state index < -0.39 is 16.1 Å². The Kier molecular flexibility index (Phi) is 5.69. The van der Waals surface area contributed by atoms with Gasteiger partial charge in [-0.25, -0.2) is 13.4 Å². The lowest BCUT2D eigenvalue weighted by molar-refractivity contribution is 0.246. The number of benzene rings is 1. The minimum atomic E-state index is -3.86. The summed E-state index contributed by atoms with van der Waals surface area (Å²) in [6.45, 7) is 0.385. The number of H-pyrrole nitrogens is 1. The number of rotatable bonds is 6. The first kappa shape index (κ1) is 20.3. The topological polar surface area (TPSA) is 110 Å². The number of aromatic nitrogens is 4. The molecule has 0 aliphatic carbocycles. The van der Waals surface area contributed by atoms with Crippen molar-refractivity contribution in [2.24, 2.45) is 0 Å². The Morgan fingerprint density at radius 3 is 2.77 bits per heavy atom. The quantitative estimate of drug-likeness (QED) is 0.641. The van der Waals surface area contributed by atoms with E-state index in [1.165, 1.54) is 24.6 Å². The number of ether oxygens (including phenoxy) is 2. The van der Waals surface area contributed by atoms with Gasteiger partial charge in [-0.2, -0.15) is 9.40 Å². The van der Waals surface area contributed by atoms with Crippen molar-refractivity contribution in [3.05, 3.63) is 48.5 Å². The van der Waals surface area contributed by atoms with Crippen LogP contribution in [0.15, 0.2) is 47.6 Å². The lowest BCUT2D eigenvalue weighted by atomic mass is 10.0. The zero-order chi connectivity index (χ0) is 21.1. The molecular formula is C20H23N5O4S. The van der Waals surface area contributed by atoms with Crippen molar-refractivity contribution in [2.45, 2.75) is 30.2 Å². The first-order valence-corrected chi connectivity index (χ1v) is 11.0. The predicted molar refractivity (Wildman–Crippen MR) is 110 cm³/mol. The number of pyridine rings is 1. The van der Waals surface area contributed by atoms with E-state index in [4.69, 9.17) is 9.47 Å². The number of nitrogens with one attached hydrogen (secondary N) is 1. The summed E-state index contributed by atoms with van der Waals surface area (Å²) in [5, 5.41) is 7.20. The van der Waals surface area contributed by atoms with Crippen LogP contribution in [0.3, 0.4) is 0 Å². The van der Waals surface area contributed by atoms with E-state index >= 15 is 0 Å². The molecule has 1 aliphatic heterocycles. The summed E-state index contributed by atoms with van der Waals surface area (Å²) in [5.41, 5.74) is 0.764. The van der Waals surface area contributed by atoms with Crippen molar-refractivity contribution in [2.75, 3.05) is 20.8 Å². The Hall–Kier alpha value is -2.98. The van der Waals surface area contributed by atoms with Gasteiger partial charge in [0.15, 0.2) is 5.82 Å². The maximum absolute atomic E-state index is 13.6. The van der Waals surface area contributed by atoms with Gasteiger partial charge in [0.05, 0.1) is 20.3 Å². The third kappa shape index (κ3) is 3.75. The van der Waals surface area contributed by atoms with Crippen LogP contribution in [0.25, 0.3) is 11.4 Å². The van der Waals surface area contributed by atoms with Gasteiger partial charge in [0.1, 0.15) is 22.2 Å². The van der Waals surface area contributed by atoms with E-state index in [0.29, 0.717) is 30.4 Å². The van der Waals surface area contributed by atoms with Gasteiger partial charge in [0.2, 0.25) is 10.0 Å². The average molecular weight is 430 g/mol. The standard InChI is InChI=1S/C20H23N5O4S/c1-28-15-8-9-17(29-2)18(12-15)30(26,27)25-11-4-3-7-16(25)20-22-19(23-24-20)14-6-5-10-21-13-14/h5-6,8-10,12-13,16H,3-4,7,11H2,1-2H3,(H,22,23,24). The van der Waals surface area contributed by atoms with Crippen LogP contribution in [-0.2, 0) is 10.0 Å². The molecule has 1 unspecified atom stereocenters. The van der Waals surface area contributed by atoms with Crippen LogP contribution in [0.2, 0.25) is 0 Å². The smallest absolute Gasteiger partial charge is 0.247 e. The van der Waals surface area contributed by atoms with Crippen LogP contribution in [0.4, 0.5) is 0 Å². The molecule has 158 valence electrons. The number of nitrogens with zero attached hydrogens (tertiary/aromatic N) is 4. The molecule has 0 spiro atoms. The Balaban J connectivity index is 1.72. The Morgan fingerprint density at radius 2 is 2.03 bits per heavy atom.